The second-order valence-electron chi connectivity index (χ2n) is 8.79. The molecule has 0 aliphatic rings. The van der Waals surface area contributed by atoms with E-state index in [0.29, 0.717) is 6.61 Å². The Morgan fingerprint density at radius 1 is 0.931 bits per heavy atom. The van der Waals surface area contributed by atoms with Gasteiger partial charge in [-0.3, -0.25) is 0 Å². The van der Waals surface area contributed by atoms with Crippen molar-refractivity contribution in [1.82, 2.24) is 0 Å². The molecule has 0 aliphatic heterocycles. The van der Waals surface area contributed by atoms with Gasteiger partial charge in [0.2, 0.25) is 0 Å². The first-order valence-electron chi connectivity index (χ1n) is 11.0. The molecule has 0 saturated heterocycles. The van der Waals surface area contributed by atoms with Crippen LogP contribution in [0.15, 0.2) is 72.8 Å². The van der Waals surface area contributed by atoms with E-state index in [1.807, 2.05) is 6.08 Å². The van der Waals surface area contributed by atoms with E-state index in [1.165, 1.54) is 23.2 Å². The summed E-state index contributed by atoms with van der Waals surface area (Å²) >= 11 is 0. The Hall–Kier alpha value is -1.68. The molecule has 1 N–H and O–H groups in total. The van der Waals surface area contributed by atoms with Crippen LogP contribution < -0.4 is 10.4 Å². The number of benzene rings is 2. The molecule has 0 bridgehead atoms. The van der Waals surface area contributed by atoms with Crippen LogP contribution in [-0.4, -0.2) is 26.1 Å². The van der Waals surface area contributed by atoms with Crippen molar-refractivity contribution in [1.29, 1.82) is 0 Å². The van der Waals surface area contributed by atoms with E-state index >= 15 is 0 Å². The van der Waals surface area contributed by atoms with Crippen LogP contribution in [0.5, 0.6) is 0 Å². The molecule has 0 radical (unpaired) electrons. The first-order valence-corrected chi connectivity index (χ1v) is 12.9. The number of hydrogen-bond donors (Lipinski definition) is 1. The van der Waals surface area contributed by atoms with Crippen molar-refractivity contribution in [3.05, 3.63) is 72.8 Å². The fourth-order valence-electron chi connectivity index (χ4n) is 3.95. The van der Waals surface area contributed by atoms with Crippen molar-refractivity contribution in [3.8, 4) is 0 Å². The van der Waals surface area contributed by atoms with Crippen molar-refractivity contribution in [3.63, 3.8) is 0 Å². The van der Waals surface area contributed by atoms with E-state index in [2.05, 4.69) is 94.4 Å². The number of unbranched alkanes of at least 4 members (excludes halogenated alkanes) is 2. The second-order valence-corrected chi connectivity index (χ2v) is 13.1. The zero-order chi connectivity index (χ0) is 21.2. The zero-order valence-electron chi connectivity index (χ0n) is 18.6. The summed E-state index contributed by atoms with van der Waals surface area (Å²) in [6.07, 6.45) is 8.67. The highest BCUT2D eigenvalue weighted by molar-refractivity contribution is 6.99. The molecular weight excluding hydrogens is 372 g/mol. The Morgan fingerprint density at radius 2 is 1.48 bits per heavy atom. The summed E-state index contributed by atoms with van der Waals surface area (Å²) < 4.78 is 6.86. The lowest BCUT2D eigenvalue weighted by Crippen LogP contribution is -2.66. The Kier molecular flexibility index (Phi) is 9.35. The molecule has 0 spiro atoms. The van der Waals surface area contributed by atoms with Gasteiger partial charge in [-0.15, -0.1) is 0 Å². The Bertz CT molecular complexity index is 680. The molecule has 0 fully saturated rings. The van der Waals surface area contributed by atoms with E-state index in [0.717, 1.165) is 19.3 Å². The van der Waals surface area contributed by atoms with Crippen LogP contribution >= 0.6 is 0 Å². The second kappa shape index (κ2) is 11.5. The van der Waals surface area contributed by atoms with Gasteiger partial charge in [0.15, 0.2) is 0 Å². The maximum Gasteiger partial charge on any atom is 0.261 e. The predicted molar refractivity (Wildman–Crippen MR) is 127 cm³/mol. The van der Waals surface area contributed by atoms with Gasteiger partial charge in [-0.1, -0.05) is 113 Å². The van der Waals surface area contributed by atoms with Gasteiger partial charge in [0.25, 0.3) is 8.32 Å². The highest BCUT2D eigenvalue weighted by Crippen LogP contribution is 2.36. The molecule has 1 unspecified atom stereocenters. The molecule has 2 rings (SSSR count). The predicted octanol–water partition coefficient (Wildman–Crippen LogP) is 5.45. The number of hydrogen-bond acceptors (Lipinski definition) is 2. The molecule has 0 heterocycles. The maximum absolute atomic E-state index is 10.2. The van der Waals surface area contributed by atoms with Gasteiger partial charge in [-0.05, 0) is 34.7 Å². The van der Waals surface area contributed by atoms with E-state index in [1.54, 1.807) is 0 Å². The van der Waals surface area contributed by atoms with Crippen LogP contribution in [0.3, 0.4) is 0 Å². The van der Waals surface area contributed by atoms with Gasteiger partial charge in [0.1, 0.15) is 0 Å². The smallest absolute Gasteiger partial charge is 0.261 e. The number of allylic oxidation sites excluding steroid dienone is 1. The van der Waals surface area contributed by atoms with Crippen LogP contribution in [-0.2, 0) is 4.43 Å². The van der Waals surface area contributed by atoms with Gasteiger partial charge in [-0.2, -0.15) is 0 Å². The van der Waals surface area contributed by atoms with E-state index in [4.69, 9.17) is 4.43 Å². The van der Waals surface area contributed by atoms with Crippen LogP contribution in [0.25, 0.3) is 0 Å². The third-order valence-electron chi connectivity index (χ3n) is 5.46. The van der Waals surface area contributed by atoms with E-state index in [-0.39, 0.29) is 11.1 Å². The van der Waals surface area contributed by atoms with Crippen molar-refractivity contribution in [2.24, 2.45) is 0 Å². The average molecular weight is 411 g/mol. The van der Waals surface area contributed by atoms with Gasteiger partial charge in [-0.25, -0.2) is 0 Å². The molecule has 1 atom stereocenters. The molecule has 2 aromatic rings. The summed E-state index contributed by atoms with van der Waals surface area (Å²) in [4.78, 5) is 0. The minimum Gasteiger partial charge on any atom is -0.407 e. The molecule has 0 amide bonds. The number of aliphatic hydroxyl groups is 1. The topological polar surface area (TPSA) is 29.5 Å². The fourth-order valence-corrected chi connectivity index (χ4v) is 8.56. The summed E-state index contributed by atoms with van der Waals surface area (Å²) in [5.74, 6) is 0. The van der Waals surface area contributed by atoms with Gasteiger partial charge in [0.05, 0.1) is 6.10 Å². The van der Waals surface area contributed by atoms with Crippen LogP contribution in [0.1, 0.15) is 59.8 Å². The van der Waals surface area contributed by atoms with Crippen molar-refractivity contribution < 1.29 is 9.53 Å². The largest absolute Gasteiger partial charge is 0.407 e. The normalized spacial score (nSPS) is 13.7. The van der Waals surface area contributed by atoms with Crippen molar-refractivity contribution >= 4 is 18.7 Å². The quantitative estimate of drug-likeness (QED) is 0.303. The Morgan fingerprint density at radius 3 is 1.97 bits per heavy atom. The average Bonchev–Trinajstić information content (AvgIpc) is 2.72. The lowest BCUT2D eigenvalue weighted by atomic mass is 10.1. The number of rotatable bonds is 11. The van der Waals surface area contributed by atoms with Crippen molar-refractivity contribution in [2.75, 3.05) is 6.61 Å². The molecule has 158 valence electrons. The molecule has 2 aromatic carbocycles. The van der Waals surface area contributed by atoms with Crippen LogP contribution in [0.4, 0.5) is 0 Å². The summed E-state index contributed by atoms with van der Waals surface area (Å²) in [6.45, 7) is 9.74. The molecular formula is C26H38O2Si. The first-order chi connectivity index (χ1) is 13.9. The van der Waals surface area contributed by atoms with Crippen LogP contribution in [0, 0.1) is 0 Å². The minimum absolute atomic E-state index is 0.00558. The molecule has 0 saturated carbocycles. The first kappa shape index (κ1) is 23.6. The summed E-state index contributed by atoms with van der Waals surface area (Å²) in [7, 11) is -2.46. The standard InChI is InChI=1S/C26H38O2Si/c1-5-6-7-10-16-23(27)17-15-22-28-29(26(2,3)4,24-18-11-8-12-19-24)25-20-13-9-14-21-25/h8-14,16,18-21,23,27H,5-7,15,17,22H2,1-4H3. The number of aliphatic hydroxyl groups excluding tert-OH is 1. The van der Waals surface area contributed by atoms with Gasteiger partial charge < -0.3 is 9.53 Å². The molecule has 2 nitrogen and oxygen atoms in total. The summed E-state index contributed by atoms with van der Waals surface area (Å²) in [6, 6.07) is 21.5. The SMILES string of the molecule is CCCCC=CC(O)CCCO[Si](c1ccccc1)(c1ccccc1)C(C)(C)C. The third kappa shape index (κ3) is 6.40. The van der Waals surface area contributed by atoms with E-state index in [9.17, 15) is 5.11 Å². The lowest BCUT2D eigenvalue weighted by molar-refractivity contribution is 0.192. The highest BCUT2D eigenvalue weighted by Gasteiger charge is 2.49. The zero-order valence-corrected chi connectivity index (χ0v) is 19.6. The Labute approximate surface area is 178 Å². The highest BCUT2D eigenvalue weighted by atomic mass is 28.4. The monoisotopic (exact) mass is 410 g/mol. The lowest BCUT2D eigenvalue weighted by Gasteiger charge is -2.43. The Balaban J connectivity index is 2.16. The van der Waals surface area contributed by atoms with Gasteiger partial charge >= 0.3 is 0 Å². The molecule has 29 heavy (non-hydrogen) atoms. The fraction of sp³-hybridized carbons (Fsp3) is 0.462. The van der Waals surface area contributed by atoms with Crippen LogP contribution in [0.2, 0.25) is 5.04 Å². The maximum atomic E-state index is 10.2. The van der Waals surface area contributed by atoms with Crippen molar-refractivity contribution in [2.45, 2.75) is 70.9 Å². The summed E-state index contributed by atoms with van der Waals surface area (Å²) in [5, 5.41) is 12.8. The minimum atomic E-state index is -2.46. The molecule has 0 aromatic heterocycles. The van der Waals surface area contributed by atoms with E-state index < -0.39 is 8.32 Å². The molecule has 0 aliphatic carbocycles. The third-order valence-corrected chi connectivity index (χ3v) is 10.5. The summed E-state index contributed by atoms with van der Waals surface area (Å²) in [5.41, 5.74) is 0. The molecule has 3 heteroatoms. The van der Waals surface area contributed by atoms with Gasteiger partial charge in [0, 0.05) is 6.61 Å².